The van der Waals surface area contributed by atoms with Crippen LogP contribution in [0.3, 0.4) is 0 Å². The van der Waals surface area contributed by atoms with E-state index >= 15 is 0 Å². The lowest BCUT2D eigenvalue weighted by molar-refractivity contribution is -0.149. The summed E-state index contributed by atoms with van der Waals surface area (Å²) in [6.45, 7) is 3.51. The number of amides is 2. The van der Waals surface area contributed by atoms with Crippen molar-refractivity contribution in [3.8, 4) is 0 Å². The Kier molecular flexibility index (Phi) is 4.57. The van der Waals surface area contributed by atoms with Gasteiger partial charge in [0.25, 0.3) is 5.91 Å². The molecule has 1 aromatic rings. The SMILES string of the molecule is Cc1cc(C)cc(NC(=O)COC(=O)[C@@H]2CCC(=O)N2)c1. The molecule has 0 saturated carbocycles. The standard InChI is InChI=1S/C15H18N2O4/c1-9-5-10(2)7-11(6-9)16-14(19)8-21-15(20)12-3-4-13(18)17-12/h5-7,12H,3-4,8H2,1-2H3,(H,16,19)(H,17,18)/t12-/m0/s1. The topological polar surface area (TPSA) is 84.5 Å². The Morgan fingerprint density at radius 3 is 2.52 bits per heavy atom. The highest BCUT2D eigenvalue weighted by atomic mass is 16.5. The molecule has 1 aromatic carbocycles. The fourth-order valence-corrected chi connectivity index (χ4v) is 2.27. The van der Waals surface area contributed by atoms with E-state index in [1.807, 2.05) is 32.0 Å². The highest BCUT2D eigenvalue weighted by molar-refractivity contribution is 5.94. The van der Waals surface area contributed by atoms with Gasteiger partial charge in [0.05, 0.1) is 0 Å². The zero-order valence-electron chi connectivity index (χ0n) is 12.1. The normalized spacial score (nSPS) is 17.2. The second-order valence-corrected chi connectivity index (χ2v) is 5.19. The molecule has 0 unspecified atom stereocenters. The van der Waals surface area contributed by atoms with E-state index in [0.717, 1.165) is 11.1 Å². The van der Waals surface area contributed by atoms with Crippen molar-refractivity contribution in [2.24, 2.45) is 0 Å². The van der Waals surface area contributed by atoms with Crippen LogP contribution in [0.5, 0.6) is 0 Å². The van der Waals surface area contributed by atoms with Gasteiger partial charge < -0.3 is 15.4 Å². The fourth-order valence-electron chi connectivity index (χ4n) is 2.27. The van der Waals surface area contributed by atoms with Crippen LogP contribution < -0.4 is 10.6 Å². The number of nitrogens with one attached hydrogen (secondary N) is 2. The third-order valence-corrected chi connectivity index (χ3v) is 3.13. The molecule has 1 aliphatic rings. The van der Waals surface area contributed by atoms with Crippen LogP contribution in [0.15, 0.2) is 18.2 Å². The number of anilines is 1. The molecule has 6 nitrogen and oxygen atoms in total. The summed E-state index contributed by atoms with van der Waals surface area (Å²) < 4.78 is 4.90. The molecule has 2 rings (SSSR count). The summed E-state index contributed by atoms with van der Waals surface area (Å²) in [7, 11) is 0. The average molecular weight is 290 g/mol. The molecule has 1 aliphatic heterocycles. The maximum Gasteiger partial charge on any atom is 0.329 e. The van der Waals surface area contributed by atoms with Crippen molar-refractivity contribution < 1.29 is 19.1 Å². The van der Waals surface area contributed by atoms with Gasteiger partial charge in [0.1, 0.15) is 6.04 Å². The van der Waals surface area contributed by atoms with Crippen molar-refractivity contribution in [3.63, 3.8) is 0 Å². The highest BCUT2D eigenvalue weighted by Crippen LogP contribution is 2.13. The van der Waals surface area contributed by atoms with Gasteiger partial charge in [0.2, 0.25) is 5.91 Å². The molecule has 0 aromatic heterocycles. The van der Waals surface area contributed by atoms with E-state index in [9.17, 15) is 14.4 Å². The lowest BCUT2D eigenvalue weighted by Gasteiger charge is -2.11. The monoisotopic (exact) mass is 290 g/mol. The maximum absolute atomic E-state index is 11.7. The number of aryl methyl sites for hydroxylation is 2. The van der Waals surface area contributed by atoms with E-state index in [1.165, 1.54) is 0 Å². The van der Waals surface area contributed by atoms with Crippen LogP contribution in [0.4, 0.5) is 5.69 Å². The predicted molar refractivity (Wildman–Crippen MR) is 76.7 cm³/mol. The summed E-state index contributed by atoms with van der Waals surface area (Å²) in [4.78, 5) is 34.4. The Morgan fingerprint density at radius 2 is 1.95 bits per heavy atom. The van der Waals surface area contributed by atoms with Crippen LogP contribution in [0.2, 0.25) is 0 Å². The van der Waals surface area contributed by atoms with Crippen LogP contribution in [0, 0.1) is 13.8 Å². The molecule has 1 heterocycles. The smallest absolute Gasteiger partial charge is 0.329 e. The first-order valence-corrected chi connectivity index (χ1v) is 6.78. The summed E-state index contributed by atoms with van der Waals surface area (Å²) >= 11 is 0. The number of rotatable bonds is 4. The molecule has 2 N–H and O–H groups in total. The van der Waals surface area contributed by atoms with Gasteiger partial charge in [-0.25, -0.2) is 4.79 Å². The van der Waals surface area contributed by atoms with Crippen molar-refractivity contribution in [1.29, 1.82) is 0 Å². The van der Waals surface area contributed by atoms with Crippen LogP contribution in [0.25, 0.3) is 0 Å². The average Bonchev–Trinajstić information content (AvgIpc) is 2.81. The Bertz CT molecular complexity index is 563. The molecular formula is C15H18N2O4. The third-order valence-electron chi connectivity index (χ3n) is 3.13. The number of esters is 1. The van der Waals surface area contributed by atoms with Gasteiger partial charge in [-0.3, -0.25) is 9.59 Å². The molecule has 0 spiro atoms. The van der Waals surface area contributed by atoms with E-state index in [0.29, 0.717) is 18.5 Å². The molecule has 1 saturated heterocycles. The first-order valence-electron chi connectivity index (χ1n) is 6.78. The fraction of sp³-hybridized carbons (Fsp3) is 0.400. The molecule has 21 heavy (non-hydrogen) atoms. The van der Waals surface area contributed by atoms with E-state index in [-0.39, 0.29) is 12.5 Å². The molecule has 0 radical (unpaired) electrons. The quantitative estimate of drug-likeness (QED) is 0.812. The number of hydrogen-bond acceptors (Lipinski definition) is 4. The molecule has 2 amide bonds. The van der Waals surface area contributed by atoms with Crippen LogP contribution in [0.1, 0.15) is 24.0 Å². The Morgan fingerprint density at radius 1 is 1.29 bits per heavy atom. The van der Waals surface area contributed by atoms with Gasteiger partial charge in [0.15, 0.2) is 6.61 Å². The second-order valence-electron chi connectivity index (χ2n) is 5.19. The van der Waals surface area contributed by atoms with Gasteiger partial charge in [-0.15, -0.1) is 0 Å². The molecule has 6 heteroatoms. The van der Waals surface area contributed by atoms with Crippen LogP contribution in [-0.4, -0.2) is 30.4 Å². The molecule has 0 bridgehead atoms. The second kappa shape index (κ2) is 6.39. The summed E-state index contributed by atoms with van der Waals surface area (Å²) in [5, 5.41) is 5.17. The van der Waals surface area contributed by atoms with Gasteiger partial charge in [-0.05, 0) is 43.5 Å². The van der Waals surface area contributed by atoms with E-state index in [4.69, 9.17) is 4.74 Å². The van der Waals surface area contributed by atoms with Gasteiger partial charge in [-0.2, -0.15) is 0 Å². The lowest BCUT2D eigenvalue weighted by atomic mass is 10.1. The zero-order valence-corrected chi connectivity index (χ0v) is 12.1. The summed E-state index contributed by atoms with van der Waals surface area (Å²) in [5.41, 5.74) is 2.75. The van der Waals surface area contributed by atoms with Crippen molar-refractivity contribution in [2.45, 2.75) is 32.7 Å². The van der Waals surface area contributed by atoms with Crippen molar-refractivity contribution in [2.75, 3.05) is 11.9 Å². The predicted octanol–water partition coefficient (Wildman–Crippen LogP) is 1.06. The Balaban J connectivity index is 1.82. The van der Waals surface area contributed by atoms with E-state index in [2.05, 4.69) is 10.6 Å². The minimum atomic E-state index is -0.633. The zero-order chi connectivity index (χ0) is 15.4. The minimum Gasteiger partial charge on any atom is -0.454 e. The lowest BCUT2D eigenvalue weighted by Crippen LogP contribution is -2.36. The van der Waals surface area contributed by atoms with E-state index in [1.54, 1.807) is 0 Å². The van der Waals surface area contributed by atoms with Crippen molar-refractivity contribution in [3.05, 3.63) is 29.3 Å². The van der Waals surface area contributed by atoms with Gasteiger partial charge >= 0.3 is 5.97 Å². The first kappa shape index (κ1) is 15.0. The molecule has 112 valence electrons. The van der Waals surface area contributed by atoms with Crippen LogP contribution in [-0.2, 0) is 19.1 Å². The number of hydrogen-bond donors (Lipinski definition) is 2. The molecular weight excluding hydrogens is 272 g/mol. The highest BCUT2D eigenvalue weighted by Gasteiger charge is 2.28. The van der Waals surface area contributed by atoms with Crippen molar-refractivity contribution >= 4 is 23.5 Å². The van der Waals surface area contributed by atoms with Crippen LogP contribution >= 0.6 is 0 Å². The summed E-state index contributed by atoms with van der Waals surface area (Å²) in [5.74, 6) is -1.15. The molecule has 0 aliphatic carbocycles. The Hall–Kier alpha value is -2.37. The number of carbonyl (C=O) groups excluding carboxylic acids is 3. The largest absolute Gasteiger partial charge is 0.454 e. The van der Waals surface area contributed by atoms with E-state index < -0.39 is 17.9 Å². The van der Waals surface area contributed by atoms with Crippen molar-refractivity contribution in [1.82, 2.24) is 5.32 Å². The van der Waals surface area contributed by atoms with Gasteiger partial charge in [-0.1, -0.05) is 6.07 Å². The maximum atomic E-state index is 11.7. The number of benzene rings is 1. The summed E-state index contributed by atoms with van der Waals surface area (Å²) in [6, 6.07) is 5.04. The number of carbonyl (C=O) groups is 3. The first-order chi connectivity index (χ1) is 9.94. The third kappa shape index (κ3) is 4.30. The molecule has 1 atom stereocenters. The minimum absolute atomic E-state index is 0.170. The van der Waals surface area contributed by atoms with Gasteiger partial charge in [0, 0.05) is 12.1 Å². The summed E-state index contributed by atoms with van der Waals surface area (Å²) in [6.07, 6.45) is 0.727. The Labute approximate surface area is 122 Å². The number of ether oxygens (including phenoxy) is 1. The molecule has 1 fully saturated rings.